The Kier molecular flexibility index (Phi) is 3.88. The Hall–Kier alpha value is -1.58. The summed E-state index contributed by atoms with van der Waals surface area (Å²) in [6, 6.07) is 0. The van der Waals surface area contributed by atoms with Crippen LogP contribution in [0.15, 0.2) is 11.6 Å². The molecule has 4 nitrogen and oxygen atoms in total. The van der Waals surface area contributed by atoms with Gasteiger partial charge in [-0.2, -0.15) is 5.10 Å². The average Bonchev–Trinajstić information content (AvgIpc) is 2.42. The van der Waals surface area contributed by atoms with Crippen LogP contribution in [0.3, 0.4) is 0 Å². The van der Waals surface area contributed by atoms with Gasteiger partial charge in [0.1, 0.15) is 0 Å². The number of aryl methyl sites for hydroxylation is 1. The van der Waals surface area contributed by atoms with Gasteiger partial charge in [0.15, 0.2) is 0 Å². The van der Waals surface area contributed by atoms with Crippen LogP contribution >= 0.6 is 0 Å². The Morgan fingerprint density at radius 2 is 2.06 bits per heavy atom. The zero-order valence-corrected chi connectivity index (χ0v) is 10.2. The quantitative estimate of drug-likeness (QED) is 0.794. The van der Waals surface area contributed by atoms with Crippen molar-refractivity contribution in [3.8, 4) is 0 Å². The van der Waals surface area contributed by atoms with Crippen LogP contribution in [0.2, 0.25) is 0 Å². The van der Waals surface area contributed by atoms with E-state index in [9.17, 15) is 4.79 Å². The molecule has 4 heteroatoms. The molecule has 0 aromatic carbocycles. The second kappa shape index (κ2) is 4.96. The number of rotatable bonds is 4. The first-order valence-electron chi connectivity index (χ1n) is 5.30. The second-order valence-corrected chi connectivity index (χ2v) is 4.18. The first-order valence-corrected chi connectivity index (χ1v) is 5.30. The number of nitrogens with zero attached hydrogens (tertiary/aromatic N) is 2. The van der Waals surface area contributed by atoms with E-state index in [0.29, 0.717) is 6.54 Å². The van der Waals surface area contributed by atoms with Crippen molar-refractivity contribution in [2.45, 2.75) is 40.7 Å². The van der Waals surface area contributed by atoms with Gasteiger partial charge in [-0.1, -0.05) is 11.6 Å². The summed E-state index contributed by atoms with van der Waals surface area (Å²) >= 11 is 0. The summed E-state index contributed by atoms with van der Waals surface area (Å²) in [5.41, 5.74) is 3.81. The first kappa shape index (κ1) is 12.5. The number of carboxylic acids is 1. The molecule has 0 fully saturated rings. The summed E-state index contributed by atoms with van der Waals surface area (Å²) in [7, 11) is 0. The molecule has 16 heavy (non-hydrogen) atoms. The van der Waals surface area contributed by atoms with Gasteiger partial charge in [-0.05, 0) is 27.7 Å². The van der Waals surface area contributed by atoms with Gasteiger partial charge >= 0.3 is 5.97 Å². The lowest BCUT2D eigenvalue weighted by Gasteiger charge is -2.01. The molecule has 0 spiro atoms. The van der Waals surface area contributed by atoms with Crippen molar-refractivity contribution in [2.75, 3.05) is 0 Å². The number of hydrogen-bond acceptors (Lipinski definition) is 2. The number of aromatic nitrogens is 2. The Labute approximate surface area is 95.6 Å². The van der Waals surface area contributed by atoms with E-state index in [1.165, 1.54) is 5.57 Å². The van der Waals surface area contributed by atoms with E-state index in [2.05, 4.69) is 11.2 Å². The molecule has 0 saturated carbocycles. The standard InChI is InChI=1S/C12H18N2O2/c1-8(2)5-6-14-10(4)11(7-12(15)16)9(3)13-14/h5H,6-7H2,1-4H3,(H,15,16). The molecule has 0 unspecified atom stereocenters. The van der Waals surface area contributed by atoms with E-state index < -0.39 is 5.97 Å². The van der Waals surface area contributed by atoms with Gasteiger partial charge in [0.25, 0.3) is 0 Å². The van der Waals surface area contributed by atoms with E-state index >= 15 is 0 Å². The van der Waals surface area contributed by atoms with Crippen molar-refractivity contribution < 1.29 is 9.90 Å². The number of carbonyl (C=O) groups is 1. The number of aliphatic carboxylic acids is 1. The number of hydrogen-bond donors (Lipinski definition) is 1. The Balaban J connectivity index is 2.97. The molecule has 1 N–H and O–H groups in total. The molecule has 0 amide bonds. The topological polar surface area (TPSA) is 55.1 Å². The molecule has 1 rings (SSSR count). The summed E-state index contributed by atoms with van der Waals surface area (Å²) < 4.78 is 1.85. The van der Waals surface area contributed by atoms with Crippen LogP contribution in [0.4, 0.5) is 0 Å². The van der Waals surface area contributed by atoms with Crippen molar-refractivity contribution in [2.24, 2.45) is 0 Å². The lowest BCUT2D eigenvalue weighted by Crippen LogP contribution is -2.04. The molecular formula is C12H18N2O2. The molecule has 0 aliphatic rings. The monoisotopic (exact) mass is 222 g/mol. The molecule has 1 aromatic rings. The van der Waals surface area contributed by atoms with E-state index in [0.717, 1.165) is 17.0 Å². The van der Waals surface area contributed by atoms with Gasteiger partial charge in [0.05, 0.1) is 18.7 Å². The zero-order chi connectivity index (χ0) is 12.3. The summed E-state index contributed by atoms with van der Waals surface area (Å²) in [6.45, 7) is 8.53. The molecule has 88 valence electrons. The predicted octanol–water partition coefficient (Wildman–Crippen LogP) is 2.09. The normalized spacial score (nSPS) is 10.2. The van der Waals surface area contributed by atoms with E-state index in [1.807, 2.05) is 32.4 Å². The lowest BCUT2D eigenvalue weighted by atomic mass is 10.1. The van der Waals surface area contributed by atoms with Gasteiger partial charge in [-0.3, -0.25) is 9.48 Å². The maximum absolute atomic E-state index is 10.7. The lowest BCUT2D eigenvalue weighted by molar-refractivity contribution is -0.136. The highest BCUT2D eigenvalue weighted by Crippen LogP contribution is 2.14. The van der Waals surface area contributed by atoms with Crippen LogP contribution in [0.5, 0.6) is 0 Å². The van der Waals surface area contributed by atoms with Crippen molar-refractivity contribution in [1.29, 1.82) is 0 Å². The van der Waals surface area contributed by atoms with Crippen molar-refractivity contribution in [3.63, 3.8) is 0 Å². The molecule has 0 atom stereocenters. The van der Waals surface area contributed by atoms with Crippen LogP contribution in [-0.2, 0) is 17.8 Å². The summed E-state index contributed by atoms with van der Waals surface area (Å²) in [6.07, 6.45) is 2.12. The molecule has 0 aliphatic heterocycles. The largest absolute Gasteiger partial charge is 0.481 e. The highest BCUT2D eigenvalue weighted by molar-refractivity contribution is 5.70. The third kappa shape index (κ3) is 2.95. The van der Waals surface area contributed by atoms with Gasteiger partial charge < -0.3 is 5.11 Å². The minimum absolute atomic E-state index is 0.0481. The second-order valence-electron chi connectivity index (χ2n) is 4.18. The van der Waals surface area contributed by atoms with Crippen LogP contribution in [0, 0.1) is 13.8 Å². The Morgan fingerprint density at radius 3 is 2.56 bits per heavy atom. The minimum atomic E-state index is -0.812. The predicted molar refractivity (Wildman–Crippen MR) is 62.5 cm³/mol. The van der Waals surface area contributed by atoms with Crippen molar-refractivity contribution in [1.82, 2.24) is 9.78 Å². The van der Waals surface area contributed by atoms with Gasteiger partial charge in [0, 0.05) is 11.3 Å². The fourth-order valence-corrected chi connectivity index (χ4v) is 1.59. The van der Waals surface area contributed by atoms with Crippen molar-refractivity contribution >= 4 is 5.97 Å². The molecule has 1 heterocycles. The third-order valence-corrected chi connectivity index (χ3v) is 2.53. The average molecular weight is 222 g/mol. The smallest absolute Gasteiger partial charge is 0.307 e. The summed E-state index contributed by atoms with van der Waals surface area (Å²) in [4.78, 5) is 10.7. The maximum Gasteiger partial charge on any atom is 0.307 e. The van der Waals surface area contributed by atoms with Crippen LogP contribution < -0.4 is 0 Å². The highest BCUT2D eigenvalue weighted by atomic mass is 16.4. The highest BCUT2D eigenvalue weighted by Gasteiger charge is 2.13. The number of carboxylic acid groups (broad SMARTS) is 1. The third-order valence-electron chi connectivity index (χ3n) is 2.53. The van der Waals surface area contributed by atoms with Crippen molar-refractivity contribution in [3.05, 3.63) is 28.6 Å². The minimum Gasteiger partial charge on any atom is -0.481 e. The summed E-state index contributed by atoms with van der Waals surface area (Å²) in [5, 5.41) is 13.1. The van der Waals surface area contributed by atoms with E-state index in [-0.39, 0.29) is 6.42 Å². The van der Waals surface area contributed by atoms with Crippen LogP contribution in [0.25, 0.3) is 0 Å². The van der Waals surface area contributed by atoms with Gasteiger partial charge in [-0.25, -0.2) is 0 Å². The van der Waals surface area contributed by atoms with Gasteiger partial charge in [0.2, 0.25) is 0 Å². The molecular weight excluding hydrogens is 204 g/mol. The molecule has 0 saturated heterocycles. The molecule has 0 radical (unpaired) electrons. The SMILES string of the molecule is CC(C)=CCn1nc(C)c(CC(=O)O)c1C. The fraction of sp³-hybridized carbons (Fsp3) is 0.500. The first-order chi connectivity index (χ1) is 7.41. The number of allylic oxidation sites excluding steroid dienone is 2. The Bertz CT molecular complexity index is 426. The Morgan fingerprint density at radius 1 is 1.44 bits per heavy atom. The zero-order valence-electron chi connectivity index (χ0n) is 10.2. The molecule has 0 aliphatic carbocycles. The fourth-order valence-electron chi connectivity index (χ4n) is 1.59. The maximum atomic E-state index is 10.7. The van der Waals surface area contributed by atoms with E-state index in [1.54, 1.807) is 0 Å². The van der Waals surface area contributed by atoms with E-state index in [4.69, 9.17) is 5.11 Å². The molecule has 0 bridgehead atoms. The van der Waals surface area contributed by atoms with Crippen LogP contribution in [0.1, 0.15) is 30.8 Å². The summed E-state index contributed by atoms with van der Waals surface area (Å²) in [5.74, 6) is -0.812. The van der Waals surface area contributed by atoms with Gasteiger partial charge in [-0.15, -0.1) is 0 Å². The molecule has 1 aromatic heterocycles. The van der Waals surface area contributed by atoms with Crippen LogP contribution in [-0.4, -0.2) is 20.9 Å².